The van der Waals surface area contributed by atoms with Gasteiger partial charge in [-0.3, -0.25) is 9.59 Å². The van der Waals surface area contributed by atoms with Crippen molar-refractivity contribution < 1.29 is 23.5 Å². The average molecular weight is 370 g/mol. The van der Waals surface area contributed by atoms with Crippen molar-refractivity contribution in [2.75, 3.05) is 20.2 Å². The van der Waals surface area contributed by atoms with E-state index in [1.807, 2.05) is 0 Å². The molecular formula is C20H22N2O5. The Balaban J connectivity index is 1.45. The van der Waals surface area contributed by atoms with Gasteiger partial charge in [0.1, 0.15) is 0 Å². The van der Waals surface area contributed by atoms with Gasteiger partial charge in [-0.1, -0.05) is 12.1 Å². The normalized spacial score (nSPS) is 14.6. The number of hydrogen-bond donors (Lipinski definition) is 1. The van der Waals surface area contributed by atoms with Crippen molar-refractivity contribution in [3.63, 3.8) is 0 Å². The molecule has 1 aliphatic heterocycles. The molecule has 0 bridgehead atoms. The van der Waals surface area contributed by atoms with Gasteiger partial charge in [0.25, 0.3) is 5.91 Å². The molecule has 0 unspecified atom stereocenters. The second-order valence-electron chi connectivity index (χ2n) is 6.45. The predicted molar refractivity (Wildman–Crippen MR) is 97.0 cm³/mol. The molecule has 7 nitrogen and oxygen atoms in total. The lowest BCUT2D eigenvalue weighted by Gasteiger charge is -2.30. The SMILES string of the molecule is COC(=O)c1ccc(CNC(=O)C2CCN(C(=O)c3ccco3)CC2)cc1. The number of piperidine rings is 1. The number of carbonyl (C=O) groups excluding carboxylic acids is 3. The molecule has 2 aromatic rings. The zero-order valence-electron chi connectivity index (χ0n) is 15.1. The van der Waals surface area contributed by atoms with E-state index >= 15 is 0 Å². The number of rotatable bonds is 5. The van der Waals surface area contributed by atoms with Crippen molar-refractivity contribution in [3.05, 3.63) is 59.5 Å². The third kappa shape index (κ3) is 4.55. The molecule has 7 heteroatoms. The largest absolute Gasteiger partial charge is 0.465 e. The highest BCUT2D eigenvalue weighted by Gasteiger charge is 2.28. The van der Waals surface area contributed by atoms with Gasteiger partial charge in [-0.15, -0.1) is 0 Å². The fraction of sp³-hybridized carbons (Fsp3) is 0.350. The van der Waals surface area contributed by atoms with Crippen LogP contribution in [0.4, 0.5) is 0 Å². The molecule has 3 rings (SSSR count). The number of furan rings is 1. The van der Waals surface area contributed by atoms with Crippen LogP contribution in [0.15, 0.2) is 47.1 Å². The van der Waals surface area contributed by atoms with Crippen LogP contribution in [0.3, 0.4) is 0 Å². The molecule has 0 radical (unpaired) electrons. The summed E-state index contributed by atoms with van der Waals surface area (Å²) >= 11 is 0. The summed E-state index contributed by atoms with van der Waals surface area (Å²) in [6.07, 6.45) is 2.73. The molecule has 1 aromatic heterocycles. The highest BCUT2D eigenvalue weighted by molar-refractivity contribution is 5.91. The maximum absolute atomic E-state index is 12.4. The molecule has 142 valence electrons. The third-order valence-electron chi connectivity index (χ3n) is 4.73. The predicted octanol–water partition coefficient (Wildman–Crippen LogP) is 2.23. The van der Waals surface area contributed by atoms with E-state index in [0.717, 1.165) is 5.56 Å². The number of benzene rings is 1. The van der Waals surface area contributed by atoms with E-state index in [4.69, 9.17) is 4.42 Å². The van der Waals surface area contributed by atoms with Gasteiger partial charge in [-0.05, 0) is 42.7 Å². The lowest BCUT2D eigenvalue weighted by Crippen LogP contribution is -2.42. The number of hydrogen-bond acceptors (Lipinski definition) is 5. The van der Waals surface area contributed by atoms with Crippen molar-refractivity contribution in [1.29, 1.82) is 0 Å². The highest BCUT2D eigenvalue weighted by Crippen LogP contribution is 2.19. The molecule has 1 fully saturated rings. The molecule has 0 spiro atoms. The molecule has 27 heavy (non-hydrogen) atoms. The minimum absolute atomic E-state index is 0.0165. The van der Waals surface area contributed by atoms with Crippen LogP contribution in [0.2, 0.25) is 0 Å². The summed E-state index contributed by atoms with van der Waals surface area (Å²) in [5.41, 5.74) is 1.38. The number of nitrogens with zero attached hydrogens (tertiary/aromatic N) is 1. The summed E-state index contributed by atoms with van der Waals surface area (Å²) < 4.78 is 9.80. The quantitative estimate of drug-likeness (QED) is 0.816. The van der Waals surface area contributed by atoms with E-state index in [1.165, 1.54) is 13.4 Å². The second kappa shape index (κ2) is 8.53. The fourth-order valence-electron chi connectivity index (χ4n) is 3.11. The van der Waals surface area contributed by atoms with Crippen LogP contribution in [0, 0.1) is 5.92 Å². The zero-order chi connectivity index (χ0) is 19.2. The monoisotopic (exact) mass is 370 g/mol. The molecular weight excluding hydrogens is 348 g/mol. The number of amides is 2. The van der Waals surface area contributed by atoms with Crippen LogP contribution < -0.4 is 5.32 Å². The number of ether oxygens (including phenoxy) is 1. The minimum atomic E-state index is -0.388. The molecule has 0 saturated carbocycles. The molecule has 0 aliphatic carbocycles. The fourth-order valence-corrected chi connectivity index (χ4v) is 3.11. The van der Waals surface area contributed by atoms with Gasteiger partial charge < -0.3 is 19.4 Å². The third-order valence-corrected chi connectivity index (χ3v) is 4.73. The Labute approximate surface area is 157 Å². The first-order valence-corrected chi connectivity index (χ1v) is 8.86. The molecule has 1 saturated heterocycles. The van der Waals surface area contributed by atoms with Gasteiger partial charge in [-0.2, -0.15) is 0 Å². The summed E-state index contributed by atoms with van der Waals surface area (Å²) in [4.78, 5) is 37.8. The summed E-state index contributed by atoms with van der Waals surface area (Å²) in [6, 6.07) is 10.3. The van der Waals surface area contributed by atoms with Gasteiger partial charge in [0.05, 0.1) is 18.9 Å². The van der Waals surface area contributed by atoms with Crippen LogP contribution in [0.5, 0.6) is 0 Å². The van der Waals surface area contributed by atoms with E-state index in [9.17, 15) is 14.4 Å². The summed E-state index contributed by atoms with van der Waals surface area (Å²) in [7, 11) is 1.34. The lowest BCUT2D eigenvalue weighted by atomic mass is 9.95. The first-order chi connectivity index (χ1) is 13.1. The number of nitrogens with one attached hydrogen (secondary N) is 1. The molecule has 2 heterocycles. The van der Waals surface area contributed by atoms with Crippen LogP contribution >= 0.6 is 0 Å². The molecule has 0 atom stereocenters. The Morgan fingerprint density at radius 2 is 1.85 bits per heavy atom. The Morgan fingerprint density at radius 3 is 2.44 bits per heavy atom. The van der Waals surface area contributed by atoms with Crippen molar-refractivity contribution in [2.45, 2.75) is 19.4 Å². The summed E-state index contributed by atoms with van der Waals surface area (Å²) in [6.45, 7) is 1.46. The average Bonchev–Trinajstić information content (AvgIpc) is 3.26. The number of likely N-dealkylation sites (tertiary alicyclic amines) is 1. The lowest BCUT2D eigenvalue weighted by molar-refractivity contribution is -0.126. The molecule has 1 aliphatic rings. The topological polar surface area (TPSA) is 88.9 Å². The van der Waals surface area contributed by atoms with E-state index in [0.29, 0.717) is 43.8 Å². The Kier molecular flexibility index (Phi) is 5.90. The van der Waals surface area contributed by atoms with E-state index in [2.05, 4.69) is 10.1 Å². The Hall–Kier alpha value is -3.09. The van der Waals surface area contributed by atoms with E-state index < -0.39 is 0 Å². The summed E-state index contributed by atoms with van der Waals surface area (Å²) in [5, 5.41) is 2.93. The molecule has 1 N–H and O–H groups in total. The summed E-state index contributed by atoms with van der Waals surface area (Å²) in [5.74, 6) is -0.323. The van der Waals surface area contributed by atoms with Crippen LogP contribution in [0.25, 0.3) is 0 Å². The molecule has 2 amide bonds. The van der Waals surface area contributed by atoms with E-state index in [-0.39, 0.29) is 23.7 Å². The van der Waals surface area contributed by atoms with Gasteiger partial charge >= 0.3 is 5.97 Å². The smallest absolute Gasteiger partial charge is 0.337 e. The number of esters is 1. The Morgan fingerprint density at radius 1 is 1.15 bits per heavy atom. The maximum atomic E-state index is 12.4. The number of carbonyl (C=O) groups is 3. The second-order valence-corrected chi connectivity index (χ2v) is 6.45. The van der Waals surface area contributed by atoms with Gasteiger partial charge in [0.15, 0.2) is 5.76 Å². The van der Waals surface area contributed by atoms with Gasteiger partial charge in [0, 0.05) is 25.6 Å². The van der Waals surface area contributed by atoms with Crippen molar-refractivity contribution >= 4 is 17.8 Å². The first-order valence-electron chi connectivity index (χ1n) is 8.86. The van der Waals surface area contributed by atoms with Crippen LogP contribution in [-0.2, 0) is 16.1 Å². The van der Waals surface area contributed by atoms with Crippen LogP contribution in [-0.4, -0.2) is 42.9 Å². The molecule has 1 aromatic carbocycles. The maximum Gasteiger partial charge on any atom is 0.337 e. The standard InChI is InChI=1S/C20H22N2O5/c1-26-20(25)16-6-4-14(5-7-16)13-21-18(23)15-8-10-22(11-9-15)19(24)17-3-2-12-27-17/h2-7,12,15H,8-11,13H2,1H3,(H,21,23). The van der Waals surface area contributed by atoms with E-state index in [1.54, 1.807) is 41.3 Å². The Bertz CT molecular complexity index is 790. The van der Waals surface area contributed by atoms with Gasteiger partial charge in [-0.25, -0.2) is 4.79 Å². The van der Waals surface area contributed by atoms with Crippen LogP contribution in [0.1, 0.15) is 39.3 Å². The minimum Gasteiger partial charge on any atom is -0.465 e. The zero-order valence-corrected chi connectivity index (χ0v) is 15.1. The number of methoxy groups -OCH3 is 1. The van der Waals surface area contributed by atoms with Crippen molar-refractivity contribution in [1.82, 2.24) is 10.2 Å². The highest BCUT2D eigenvalue weighted by atomic mass is 16.5. The van der Waals surface area contributed by atoms with Crippen molar-refractivity contribution in [2.24, 2.45) is 5.92 Å². The van der Waals surface area contributed by atoms with Crippen molar-refractivity contribution in [3.8, 4) is 0 Å². The van der Waals surface area contributed by atoms with Gasteiger partial charge in [0.2, 0.25) is 5.91 Å². The first kappa shape index (κ1) is 18.7.